The molecule has 0 spiro atoms. The normalized spacial score (nSPS) is 11.8. The summed E-state index contributed by atoms with van der Waals surface area (Å²) in [5.74, 6) is -4.12. The lowest BCUT2D eigenvalue weighted by atomic mass is 10.0. The largest absolute Gasteiger partial charge is 0.289 e. The third-order valence-corrected chi connectivity index (χ3v) is 2.41. The van der Waals surface area contributed by atoms with Crippen LogP contribution in [0.3, 0.4) is 0 Å². The summed E-state index contributed by atoms with van der Waals surface area (Å²) in [4.78, 5) is 11.6. The Bertz CT molecular complexity index is 476. The van der Waals surface area contributed by atoms with Crippen LogP contribution in [-0.2, 0) is 0 Å². The first-order chi connectivity index (χ1) is 7.40. The predicted octanol–water partition coefficient (Wildman–Crippen LogP) is 3.56. The molecule has 0 fully saturated rings. The van der Waals surface area contributed by atoms with E-state index in [-0.39, 0.29) is 5.57 Å². The Labute approximate surface area is 91.6 Å². The second-order valence-electron chi connectivity index (χ2n) is 3.46. The van der Waals surface area contributed by atoms with Crippen molar-refractivity contribution < 1.29 is 18.0 Å². The molecule has 0 heterocycles. The van der Waals surface area contributed by atoms with Crippen LogP contribution in [0.5, 0.6) is 0 Å². The Kier molecular flexibility index (Phi) is 3.52. The van der Waals surface area contributed by atoms with E-state index >= 15 is 0 Å². The number of hydrogen-bond donors (Lipinski definition) is 0. The summed E-state index contributed by atoms with van der Waals surface area (Å²) in [6, 6.07) is 0.590. The molecule has 0 saturated heterocycles. The van der Waals surface area contributed by atoms with Gasteiger partial charge >= 0.3 is 0 Å². The van der Waals surface area contributed by atoms with Gasteiger partial charge in [-0.15, -0.1) is 0 Å². The van der Waals surface area contributed by atoms with Gasteiger partial charge in [0.05, 0.1) is 5.56 Å². The number of carbonyl (C=O) groups excluding carboxylic acids is 1. The molecule has 0 aliphatic carbocycles. The monoisotopic (exact) mass is 228 g/mol. The second kappa shape index (κ2) is 4.51. The van der Waals surface area contributed by atoms with Crippen molar-refractivity contribution in [3.05, 3.63) is 46.3 Å². The van der Waals surface area contributed by atoms with Gasteiger partial charge in [-0.2, -0.15) is 0 Å². The van der Waals surface area contributed by atoms with Crippen molar-refractivity contribution in [1.82, 2.24) is 0 Å². The van der Waals surface area contributed by atoms with Crippen LogP contribution in [-0.4, -0.2) is 5.78 Å². The Hall–Kier alpha value is -1.58. The maximum Gasteiger partial charge on any atom is 0.191 e. The lowest BCUT2D eigenvalue weighted by molar-refractivity contribution is 0.102. The number of rotatable bonds is 2. The van der Waals surface area contributed by atoms with Crippen molar-refractivity contribution in [3.63, 3.8) is 0 Å². The van der Waals surface area contributed by atoms with Gasteiger partial charge in [0.25, 0.3) is 0 Å². The van der Waals surface area contributed by atoms with Crippen molar-refractivity contribution in [1.29, 1.82) is 0 Å². The molecule has 0 bridgehead atoms. The molecule has 0 aliphatic rings. The zero-order chi connectivity index (χ0) is 12.5. The molecule has 0 saturated carbocycles. The average molecular weight is 228 g/mol. The van der Waals surface area contributed by atoms with Crippen LogP contribution in [0.15, 0.2) is 17.7 Å². The highest BCUT2D eigenvalue weighted by Crippen LogP contribution is 2.21. The highest BCUT2D eigenvalue weighted by molar-refractivity contribution is 6.08. The van der Waals surface area contributed by atoms with Crippen LogP contribution in [0.1, 0.15) is 29.8 Å². The summed E-state index contributed by atoms with van der Waals surface area (Å²) < 4.78 is 39.5. The lowest BCUT2D eigenvalue weighted by Gasteiger charge is -2.06. The maximum atomic E-state index is 13.5. The first-order valence-electron chi connectivity index (χ1n) is 4.71. The first-order valence-corrected chi connectivity index (χ1v) is 4.71. The van der Waals surface area contributed by atoms with Crippen molar-refractivity contribution in [2.45, 2.75) is 20.8 Å². The van der Waals surface area contributed by atoms with E-state index in [2.05, 4.69) is 0 Å². The minimum Gasteiger partial charge on any atom is -0.289 e. The molecule has 0 aliphatic heterocycles. The minimum atomic E-state index is -1.26. The fourth-order valence-electron chi connectivity index (χ4n) is 1.24. The van der Waals surface area contributed by atoms with Gasteiger partial charge in [-0.3, -0.25) is 4.79 Å². The molecule has 4 heteroatoms. The molecule has 0 unspecified atom stereocenters. The van der Waals surface area contributed by atoms with Crippen molar-refractivity contribution in [2.24, 2.45) is 0 Å². The maximum absolute atomic E-state index is 13.5. The van der Waals surface area contributed by atoms with Gasteiger partial charge in [-0.05, 0) is 32.4 Å². The predicted molar refractivity (Wildman–Crippen MR) is 54.8 cm³/mol. The van der Waals surface area contributed by atoms with Crippen molar-refractivity contribution >= 4 is 5.78 Å². The number of ketones is 1. The number of allylic oxidation sites excluding steroid dienone is 2. The van der Waals surface area contributed by atoms with Crippen LogP contribution in [0.25, 0.3) is 0 Å². The van der Waals surface area contributed by atoms with E-state index in [0.717, 1.165) is 6.92 Å². The Morgan fingerprint density at radius 2 is 1.81 bits per heavy atom. The minimum absolute atomic E-state index is 0.282. The summed E-state index contributed by atoms with van der Waals surface area (Å²) in [5, 5.41) is 0. The number of hydrogen-bond acceptors (Lipinski definition) is 1. The summed E-state index contributed by atoms with van der Waals surface area (Å²) in [6.07, 6.45) is 1.48. The number of benzene rings is 1. The molecule has 86 valence electrons. The molecule has 1 aromatic carbocycles. The Morgan fingerprint density at radius 3 is 2.31 bits per heavy atom. The highest BCUT2D eigenvalue weighted by atomic mass is 19.2. The SMILES string of the molecule is C/C=C(\C)C(=O)c1cc(F)c(F)c(C)c1F. The van der Waals surface area contributed by atoms with Crippen molar-refractivity contribution in [3.8, 4) is 0 Å². The van der Waals surface area contributed by atoms with E-state index in [4.69, 9.17) is 0 Å². The fraction of sp³-hybridized carbons (Fsp3) is 0.250. The average Bonchev–Trinajstić information content (AvgIpc) is 2.29. The van der Waals surface area contributed by atoms with Gasteiger partial charge in [0.2, 0.25) is 0 Å². The van der Waals surface area contributed by atoms with Crippen LogP contribution < -0.4 is 0 Å². The molecule has 1 rings (SSSR count). The highest BCUT2D eigenvalue weighted by Gasteiger charge is 2.20. The zero-order valence-electron chi connectivity index (χ0n) is 9.20. The Balaban J connectivity index is 3.42. The van der Waals surface area contributed by atoms with Crippen LogP contribution >= 0.6 is 0 Å². The topological polar surface area (TPSA) is 17.1 Å². The van der Waals surface area contributed by atoms with E-state index in [1.165, 1.54) is 13.0 Å². The number of carbonyl (C=O) groups is 1. The molecule has 16 heavy (non-hydrogen) atoms. The molecular formula is C12H11F3O. The summed E-state index contributed by atoms with van der Waals surface area (Å²) >= 11 is 0. The van der Waals surface area contributed by atoms with Gasteiger partial charge in [0, 0.05) is 5.56 Å². The third kappa shape index (κ3) is 2.01. The summed E-state index contributed by atoms with van der Waals surface area (Å²) in [7, 11) is 0. The lowest BCUT2D eigenvalue weighted by Crippen LogP contribution is -2.08. The summed E-state index contributed by atoms with van der Waals surface area (Å²) in [6.45, 7) is 4.19. The third-order valence-electron chi connectivity index (χ3n) is 2.41. The molecule has 0 amide bonds. The van der Waals surface area contributed by atoms with Gasteiger partial charge < -0.3 is 0 Å². The molecule has 1 nitrogen and oxygen atoms in total. The van der Waals surface area contributed by atoms with Crippen LogP contribution in [0.4, 0.5) is 13.2 Å². The molecule has 0 atom stereocenters. The van der Waals surface area contributed by atoms with Gasteiger partial charge in [0.15, 0.2) is 17.4 Å². The van der Waals surface area contributed by atoms with Gasteiger partial charge in [-0.1, -0.05) is 6.08 Å². The van der Waals surface area contributed by atoms with E-state index in [1.807, 2.05) is 0 Å². The zero-order valence-corrected chi connectivity index (χ0v) is 9.20. The fourth-order valence-corrected chi connectivity index (χ4v) is 1.24. The van der Waals surface area contributed by atoms with E-state index in [9.17, 15) is 18.0 Å². The molecule has 0 aromatic heterocycles. The molecule has 0 N–H and O–H groups in total. The quantitative estimate of drug-likeness (QED) is 0.429. The van der Waals surface area contributed by atoms with E-state index in [0.29, 0.717) is 6.07 Å². The van der Waals surface area contributed by atoms with Gasteiger partial charge in [-0.25, -0.2) is 13.2 Å². The van der Waals surface area contributed by atoms with E-state index < -0.39 is 34.4 Å². The molecule has 1 aromatic rings. The van der Waals surface area contributed by atoms with Crippen LogP contribution in [0.2, 0.25) is 0 Å². The molecule has 0 radical (unpaired) electrons. The molecular weight excluding hydrogens is 217 g/mol. The van der Waals surface area contributed by atoms with E-state index in [1.54, 1.807) is 6.92 Å². The van der Waals surface area contributed by atoms with Crippen LogP contribution in [0, 0.1) is 24.4 Å². The van der Waals surface area contributed by atoms with Gasteiger partial charge in [0.1, 0.15) is 5.82 Å². The van der Waals surface area contributed by atoms with Crippen molar-refractivity contribution in [2.75, 3.05) is 0 Å². The summed E-state index contributed by atoms with van der Waals surface area (Å²) in [5.41, 5.74) is -0.636. The Morgan fingerprint density at radius 1 is 1.25 bits per heavy atom. The standard InChI is InChI=1S/C12H11F3O/c1-4-6(2)12(16)8-5-9(13)11(15)7(3)10(8)14/h4-5H,1-3H3/b6-4+. The number of halogens is 3. The second-order valence-corrected chi connectivity index (χ2v) is 3.46. The smallest absolute Gasteiger partial charge is 0.191 e. The first kappa shape index (κ1) is 12.5. The number of Topliss-reactive ketones (excluding diaryl/α,β-unsaturated/α-hetero) is 1.